The molecule has 4 heteroatoms. The lowest BCUT2D eigenvalue weighted by molar-refractivity contribution is 1.28. The molecule has 0 saturated carbocycles. The van der Waals surface area contributed by atoms with Gasteiger partial charge in [-0.25, -0.2) is 4.98 Å². The first kappa shape index (κ1) is 9.72. The summed E-state index contributed by atoms with van der Waals surface area (Å²) >= 11 is 0. The number of nitrogen functional groups attached to an aromatic ring is 1. The zero-order chi connectivity index (χ0) is 11.7. The fraction of sp³-hybridized carbons (Fsp3) is 0. The van der Waals surface area contributed by atoms with Crippen LogP contribution in [0, 0.1) is 0 Å². The highest BCUT2D eigenvalue weighted by Crippen LogP contribution is 2.23. The molecule has 0 bridgehead atoms. The van der Waals surface area contributed by atoms with E-state index in [-0.39, 0.29) is 0 Å². The number of rotatable bonds is 1. The molecule has 0 unspecified atom stereocenters. The van der Waals surface area contributed by atoms with Crippen LogP contribution in [0.1, 0.15) is 0 Å². The third-order valence-electron chi connectivity index (χ3n) is 2.59. The number of fused-ring (bicyclic) bond motifs is 1. The van der Waals surface area contributed by atoms with Crippen molar-refractivity contribution in [3.63, 3.8) is 0 Å². The molecule has 82 valence electrons. The van der Waals surface area contributed by atoms with Crippen molar-refractivity contribution in [1.82, 2.24) is 15.0 Å². The molecular formula is C13H10N4. The SMILES string of the molecule is Nc1nc(-c2cccnc2)cc2ncccc12. The summed E-state index contributed by atoms with van der Waals surface area (Å²) in [6, 6.07) is 9.50. The van der Waals surface area contributed by atoms with Gasteiger partial charge in [0.1, 0.15) is 5.82 Å². The lowest BCUT2D eigenvalue weighted by Gasteiger charge is -2.04. The van der Waals surface area contributed by atoms with Gasteiger partial charge >= 0.3 is 0 Å². The summed E-state index contributed by atoms with van der Waals surface area (Å²) in [5, 5.41) is 0.875. The second kappa shape index (κ2) is 3.83. The van der Waals surface area contributed by atoms with E-state index in [1.54, 1.807) is 18.6 Å². The fourth-order valence-corrected chi connectivity index (χ4v) is 1.76. The highest BCUT2D eigenvalue weighted by molar-refractivity contribution is 5.90. The van der Waals surface area contributed by atoms with Crippen molar-refractivity contribution in [2.24, 2.45) is 0 Å². The Morgan fingerprint density at radius 3 is 2.76 bits per heavy atom. The van der Waals surface area contributed by atoms with E-state index in [4.69, 9.17) is 5.73 Å². The standard InChI is InChI=1S/C13H10N4/c14-13-10-4-2-6-16-12(10)7-11(17-13)9-3-1-5-15-8-9/h1-8H,(H2,14,17). The predicted molar refractivity (Wildman–Crippen MR) is 67.2 cm³/mol. The summed E-state index contributed by atoms with van der Waals surface area (Å²) < 4.78 is 0. The monoisotopic (exact) mass is 222 g/mol. The Morgan fingerprint density at radius 1 is 1.06 bits per heavy atom. The molecule has 0 aliphatic rings. The van der Waals surface area contributed by atoms with Crippen LogP contribution in [0.3, 0.4) is 0 Å². The summed E-state index contributed by atoms with van der Waals surface area (Å²) in [5.74, 6) is 0.495. The third-order valence-corrected chi connectivity index (χ3v) is 2.59. The van der Waals surface area contributed by atoms with Crippen LogP contribution in [0.4, 0.5) is 5.82 Å². The van der Waals surface area contributed by atoms with Crippen LogP contribution < -0.4 is 5.73 Å². The predicted octanol–water partition coefficient (Wildman–Crippen LogP) is 2.27. The quantitative estimate of drug-likeness (QED) is 0.686. The number of pyridine rings is 3. The van der Waals surface area contributed by atoms with Crippen LogP contribution >= 0.6 is 0 Å². The van der Waals surface area contributed by atoms with Crippen molar-refractivity contribution in [3.8, 4) is 11.3 Å². The molecule has 3 rings (SSSR count). The van der Waals surface area contributed by atoms with Gasteiger partial charge in [0.2, 0.25) is 0 Å². The molecule has 0 aromatic carbocycles. The lowest BCUT2D eigenvalue weighted by Crippen LogP contribution is -1.95. The van der Waals surface area contributed by atoms with E-state index < -0.39 is 0 Å². The van der Waals surface area contributed by atoms with Gasteiger partial charge < -0.3 is 5.73 Å². The first-order chi connectivity index (χ1) is 8.34. The molecule has 0 amide bonds. The van der Waals surface area contributed by atoms with Crippen LogP contribution in [0.15, 0.2) is 48.9 Å². The molecular weight excluding hydrogens is 212 g/mol. The van der Waals surface area contributed by atoms with Crippen LogP contribution in [-0.4, -0.2) is 15.0 Å². The van der Waals surface area contributed by atoms with Gasteiger partial charge in [-0.1, -0.05) is 0 Å². The largest absolute Gasteiger partial charge is 0.383 e. The third kappa shape index (κ3) is 1.69. The van der Waals surface area contributed by atoms with E-state index in [0.717, 1.165) is 22.2 Å². The van der Waals surface area contributed by atoms with E-state index in [0.29, 0.717) is 5.82 Å². The van der Waals surface area contributed by atoms with Gasteiger partial charge in [0.25, 0.3) is 0 Å². The average molecular weight is 222 g/mol. The summed E-state index contributed by atoms with van der Waals surface area (Å²) in [7, 11) is 0. The number of hydrogen-bond donors (Lipinski definition) is 1. The molecule has 0 fully saturated rings. The smallest absolute Gasteiger partial charge is 0.133 e. The number of hydrogen-bond acceptors (Lipinski definition) is 4. The molecule has 3 aromatic rings. The van der Waals surface area contributed by atoms with Crippen LogP contribution in [0.5, 0.6) is 0 Å². The highest BCUT2D eigenvalue weighted by atomic mass is 14.9. The van der Waals surface area contributed by atoms with Crippen molar-refractivity contribution in [1.29, 1.82) is 0 Å². The van der Waals surface area contributed by atoms with Crippen molar-refractivity contribution in [2.75, 3.05) is 5.73 Å². The molecule has 0 spiro atoms. The molecule has 3 heterocycles. The van der Waals surface area contributed by atoms with E-state index >= 15 is 0 Å². The Bertz CT molecular complexity index is 665. The molecule has 0 aliphatic heterocycles. The highest BCUT2D eigenvalue weighted by Gasteiger charge is 2.05. The van der Waals surface area contributed by atoms with Gasteiger partial charge in [0.05, 0.1) is 11.2 Å². The second-order valence-corrected chi connectivity index (χ2v) is 3.70. The Labute approximate surface area is 98.2 Å². The average Bonchev–Trinajstić information content (AvgIpc) is 2.40. The number of nitrogens with two attached hydrogens (primary N) is 1. The maximum Gasteiger partial charge on any atom is 0.133 e. The van der Waals surface area contributed by atoms with Crippen molar-refractivity contribution in [2.45, 2.75) is 0 Å². The van der Waals surface area contributed by atoms with Crippen molar-refractivity contribution in [3.05, 3.63) is 48.9 Å². The molecule has 4 nitrogen and oxygen atoms in total. The van der Waals surface area contributed by atoms with Crippen molar-refractivity contribution < 1.29 is 0 Å². The molecule has 0 atom stereocenters. The zero-order valence-corrected chi connectivity index (χ0v) is 9.04. The number of nitrogens with zero attached hydrogens (tertiary/aromatic N) is 3. The molecule has 0 radical (unpaired) electrons. The minimum Gasteiger partial charge on any atom is -0.383 e. The minimum absolute atomic E-state index is 0.495. The maximum atomic E-state index is 5.92. The van der Waals surface area contributed by atoms with Crippen molar-refractivity contribution >= 4 is 16.7 Å². The summed E-state index contributed by atoms with van der Waals surface area (Å²) in [6.07, 6.45) is 5.23. The molecule has 0 saturated heterocycles. The van der Waals surface area contributed by atoms with Gasteiger partial charge in [-0.3, -0.25) is 9.97 Å². The first-order valence-corrected chi connectivity index (χ1v) is 5.26. The van der Waals surface area contributed by atoms with E-state index in [2.05, 4.69) is 15.0 Å². The minimum atomic E-state index is 0.495. The molecule has 2 N–H and O–H groups in total. The fourth-order valence-electron chi connectivity index (χ4n) is 1.76. The molecule has 0 aliphatic carbocycles. The lowest BCUT2D eigenvalue weighted by atomic mass is 10.1. The molecule has 3 aromatic heterocycles. The van der Waals surface area contributed by atoms with Gasteiger partial charge in [-0.2, -0.15) is 0 Å². The first-order valence-electron chi connectivity index (χ1n) is 5.26. The Hall–Kier alpha value is -2.49. The molecule has 17 heavy (non-hydrogen) atoms. The number of anilines is 1. The van der Waals surface area contributed by atoms with Gasteiger partial charge in [0, 0.05) is 29.5 Å². The maximum absolute atomic E-state index is 5.92. The number of aromatic nitrogens is 3. The van der Waals surface area contributed by atoms with Crippen LogP contribution in [-0.2, 0) is 0 Å². The van der Waals surface area contributed by atoms with E-state index in [1.165, 1.54) is 0 Å². The second-order valence-electron chi connectivity index (χ2n) is 3.70. The Kier molecular flexibility index (Phi) is 2.19. The van der Waals surface area contributed by atoms with Gasteiger partial charge in [-0.05, 0) is 30.3 Å². The normalized spacial score (nSPS) is 10.6. The summed E-state index contributed by atoms with van der Waals surface area (Å²) in [5.41, 5.74) is 8.50. The zero-order valence-electron chi connectivity index (χ0n) is 9.04. The van der Waals surface area contributed by atoms with E-state index in [9.17, 15) is 0 Å². The van der Waals surface area contributed by atoms with Crippen LogP contribution in [0.25, 0.3) is 22.2 Å². The Balaban J connectivity index is 2.26. The summed E-state index contributed by atoms with van der Waals surface area (Å²) in [4.78, 5) is 12.7. The van der Waals surface area contributed by atoms with Crippen LogP contribution in [0.2, 0.25) is 0 Å². The van der Waals surface area contributed by atoms with Gasteiger partial charge in [-0.15, -0.1) is 0 Å². The van der Waals surface area contributed by atoms with E-state index in [1.807, 2.05) is 30.3 Å². The summed E-state index contributed by atoms with van der Waals surface area (Å²) in [6.45, 7) is 0. The van der Waals surface area contributed by atoms with Gasteiger partial charge in [0.15, 0.2) is 0 Å². The topological polar surface area (TPSA) is 64.7 Å². The Morgan fingerprint density at radius 2 is 1.94 bits per heavy atom.